The standard InChI is InChI=1S/C23H29BrN2O5/c1-5-29-12-13-30-19-9-7-6-8-17(19)22(28)26-25-21(27)15-31-20-11-10-16(14-18(20)24)23(2,3)4/h6-11,14H,5,12-13,15H2,1-4H3,(H,25,27)(H,26,28). The molecule has 168 valence electrons. The van der Waals surface area contributed by atoms with E-state index in [1.54, 1.807) is 24.3 Å². The summed E-state index contributed by atoms with van der Waals surface area (Å²) in [5.41, 5.74) is 6.19. The molecule has 0 spiro atoms. The molecule has 0 saturated heterocycles. The smallest absolute Gasteiger partial charge is 0.276 e. The van der Waals surface area contributed by atoms with E-state index in [-0.39, 0.29) is 12.0 Å². The highest BCUT2D eigenvalue weighted by atomic mass is 79.9. The van der Waals surface area contributed by atoms with Crippen LogP contribution < -0.4 is 20.3 Å². The molecule has 0 saturated carbocycles. The molecule has 2 aromatic carbocycles. The van der Waals surface area contributed by atoms with Crippen LogP contribution in [0.1, 0.15) is 43.6 Å². The molecule has 0 unspecified atom stereocenters. The van der Waals surface area contributed by atoms with E-state index in [0.717, 1.165) is 10.0 Å². The van der Waals surface area contributed by atoms with Crippen LogP contribution in [0, 0.1) is 0 Å². The summed E-state index contributed by atoms with van der Waals surface area (Å²) in [6, 6.07) is 12.5. The normalized spacial score (nSPS) is 11.0. The highest BCUT2D eigenvalue weighted by Crippen LogP contribution is 2.31. The summed E-state index contributed by atoms with van der Waals surface area (Å²) in [7, 11) is 0. The second-order valence-electron chi connectivity index (χ2n) is 7.73. The average Bonchev–Trinajstić information content (AvgIpc) is 2.73. The monoisotopic (exact) mass is 492 g/mol. The molecule has 2 amide bonds. The van der Waals surface area contributed by atoms with E-state index in [2.05, 4.69) is 47.6 Å². The van der Waals surface area contributed by atoms with Crippen molar-refractivity contribution in [2.45, 2.75) is 33.1 Å². The molecule has 0 aliphatic carbocycles. The highest BCUT2D eigenvalue weighted by Gasteiger charge is 2.16. The first kappa shape index (κ1) is 24.7. The zero-order valence-corrected chi connectivity index (χ0v) is 19.9. The lowest BCUT2D eigenvalue weighted by Gasteiger charge is -2.20. The Morgan fingerprint density at radius 2 is 1.71 bits per heavy atom. The highest BCUT2D eigenvalue weighted by molar-refractivity contribution is 9.10. The van der Waals surface area contributed by atoms with Crippen LogP contribution in [-0.2, 0) is 14.9 Å². The van der Waals surface area contributed by atoms with E-state index < -0.39 is 11.8 Å². The van der Waals surface area contributed by atoms with Gasteiger partial charge in [0.1, 0.15) is 18.1 Å². The minimum Gasteiger partial charge on any atom is -0.490 e. The fraction of sp³-hybridized carbons (Fsp3) is 0.391. The van der Waals surface area contributed by atoms with Gasteiger partial charge in [-0.2, -0.15) is 0 Å². The van der Waals surface area contributed by atoms with Gasteiger partial charge in [0.15, 0.2) is 6.61 Å². The van der Waals surface area contributed by atoms with Crippen LogP contribution in [-0.4, -0.2) is 38.2 Å². The van der Waals surface area contributed by atoms with Gasteiger partial charge < -0.3 is 14.2 Å². The van der Waals surface area contributed by atoms with Crippen LogP contribution in [0.2, 0.25) is 0 Å². The molecule has 2 N–H and O–H groups in total. The predicted octanol–water partition coefficient (Wildman–Crippen LogP) is 4.00. The van der Waals surface area contributed by atoms with Crippen molar-refractivity contribution in [3.05, 3.63) is 58.1 Å². The van der Waals surface area contributed by atoms with Gasteiger partial charge in [0, 0.05) is 6.61 Å². The van der Waals surface area contributed by atoms with Gasteiger partial charge in [0.05, 0.1) is 16.6 Å². The Balaban J connectivity index is 1.86. The van der Waals surface area contributed by atoms with Gasteiger partial charge in [-0.3, -0.25) is 20.4 Å². The summed E-state index contributed by atoms with van der Waals surface area (Å²) >= 11 is 3.47. The number of rotatable bonds is 9. The molecule has 0 aliphatic rings. The van der Waals surface area contributed by atoms with Crippen LogP contribution in [0.3, 0.4) is 0 Å². The third-order valence-corrected chi connectivity index (χ3v) is 4.91. The number of halogens is 1. The zero-order valence-electron chi connectivity index (χ0n) is 18.3. The molecule has 0 atom stereocenters. The molecule has 0 heterocycles. The number of nitrogens with one attached hydrogen (secondary N) is 2. The van der Waals surface area contributed by atoms with E-state index >= 15 is 0 Å². The molecule has 8 heteroatoms. The number of benzene rings is 2. The Labute approximate surface area is 191 Å². The van der Waals surface area contributed by atoms with Crippen molar-refractivity contribution in [2.24, 2.45) is 0 Å². The Morgan fingerprint density at radius 1 is 0.968 bits per heavy atom. The van der Waals surface area contributed by atoms with Crippen molar-refractivity contribution in [3.8, 4) is 11.5 Å². The predicted molar refractivity (Wildman–Crippen MR) is 122 cm³/mol. The van der Waals surface area contributed by atoms with E-state index in [0.29, 0.717) is 36.9 Å². The zero-order chi connectivity index (χ0) is 22.9. The molecule has 7 nitrogen and oxygen atoms in total. The van der Waals surface area contributed by atoms with Gasteiger partial charge >= 0.3 is 0 Å². The minimum absolute atomic E-state index is 0.00569. The first-order valence-corrected chi connectivity index (χ1v) is 10.8. The Bertz CT molecular complexity index is 896. The molecule has 2 aromatic rings. The summed E-state index contributed by atoms with van der Waals surface area (Å²) in [4.78, 5) is 24.5. The van der Waals surface area contributed by atoms with E-state index in [1.807, 2.05) is 25.1 Å². The Morgan fingerprint density at radius 3 is 2.39 bits per heavy atom. The maximum atomic E-state index is 12.4. The Hall–Kier alpha value is -2.58. The van der Waals surface area contributed by atoms with Crippen LogP contribution in [0.15, 0.2) is 46.9 Å². The van der Waals surface area contributed by atoms with Crippen molar-refractivity contribution >= 4 is 27.7 Å². The molecule has 0 aliphatic heterocycles. The molecule has 0 fully saturated rings. The minimum atomic E-state index is -0.491. The van der Waals surface area contributed by atoms with Crippen molar-refractivity contribution in [3.63, 3.8) is 0 Å². The van der Waals surface area contributed by atoms with Gasteiger partial charge in [-0.1, -0.05) is 39.0 Å². The largest absolute Gasteiger partial charge is 0.490 e. The average molecular weight is 493 g/mol. The van der Waals surface area contributed by atoms with Crippen molar-refractivity contribution in [2.75, 3.05) is 26.4 Å². The molecule has 2 rings (SSSR count). The van der Waals surface area contributed by atoms with E-state index in [9.17, 15) is 9.59 Å². The molecule has 0 radical (unpaired) electrons. The summed E-state index contributed by atoms with van der Waals surface area (Å²) in [5.74, 6) is -0.0263. The molecular weight excluding hydrogens is 464 g/mol. The first-order chi connectivity index (χ1) is 14.7. The fourth-order valence-electron chi connectivity index (χ4n) is 2.59. The Kier molecular flexibility index (Phi) is 9.33. The molecular formula is C23H29BrN2O5. The van der Waals surface area contributed by atoms with Gasteiger partial charge in [-0.25, -0.2) is 0 Å². The second kappa shape index (κ2) is 11.7. The molecule has 0 aromatic heterocycles. The number of carbonyl (C=O) groups excluding carboxylic acids is 2. The summed E-state index contributed by atoms with van der Waals surface area (Å²) in [5, 5.41) is 0. The first-order valence-electron chi connectivity index (χ1n) is 10.0. The van der Waals surface area contributed by atoms with E-state index in [1.165, 1.54) is 0 Å². The van der Waals surface area contributed by atoms with Crippen LogP contribution in [0.25, 0.3) is 0 Å². The maximum absolute atomic E-state index is 12.4. The van der Waals surface area contributed by atoms with Gasteiger partial charge in [-0.15, -0.1) is 0 Å². The fourth-order valence-corrected chi connectivity index (χ4v) is 3.09. The summed E-state index contributed by atoms with van der Waals surface area (Å²) in [6.45, 7) is 9.34. The lowest BCUT2D eigenvalue weighted by Crippen LogP contribution is -2.44. The number of para-hydroxylation sites is 1. The van der Waals surface area contributed by atoms with Crippen molar-refractivity contribution in [1.29, 1.82) is 0 Å². The van der Waals surface area contributed by atoms with Crippen LogP contribution in [0.5, 0.6) is 11.5 Å². The van der Waals surface area contributed by atoms with Crippen molar-refractivity contribution in [1.82, 2.24) is 10.9 Å². The third-order valence-electron chi connectivity index (χ3n) is 4.29. The molecule has 31 heavy (non-hydrogen) atoms. The number of hydrogen-bond donors (Lipinski definition) is 2. The SMILES string of the molecule is CCOCCOc1ccccc1C(=O)NNC(=O)COc1ccc(C(C)(C)C)cc1Br. The van der Waals surface area contributed by atoms with E-state index in [4.69, 9.17) is 14.2 Å². The maximum Gasteiger partial charge on any atom is 0.276 e. The van der Waals surface area contributed by atoms with Crippen molar-refractivity contribution < 1.29 is 23.8 Å². The number of hydrogen-bond acceptors (Lipinski definition) is 5. The number of ether oxygens (including phenoxy) is 3. The lowest BCUT2D eigenvalue weighted by atomic mass is 9.87. The van der Waals surface area contributed by atoms with Gasteiger partial charge in [0.25, 0.3) is 11.8 Å². The van der Waals surface area contributed by atoms with Crippen LogP contribution in [0.4, 0.5) is 0 Å². The number of amides is 2. The van der Waals surface area contributed by atoms with Gasteiger partial charge in [0.2, 0.25) is 0 Å². The summed E-state index contributed by atoms with van der Waals surface area (Å²) in [6.07, 6.45) is 0. The topological polar surface area (TPSA) is 85.9 Å². The van der Waals surface area contributed by atoms with Crippen LogP contribution >= 0.6 is 15.9 Å². The third kappa shape index (κ3) is 7.88. The number of hydrazine groups is 1. The summed E-state index contributed by atoms with van der Waals surface area (Å²) < 4.78 is 17.1. The quantitative estimate of drug-likeness (QED) is 0.408. The number of carbonyl (C=O) groups is 2. The molecule has 0 bridgehead atoms. The lowest BCUT2D eigenvalue weighted by molar-refractivity contribution is -0.123. The van der Waals surface area contributed by atoms with Gasteiger partial charge in [-0.05, 0) is 58.1 Å². The second-order valence-corrected chi connectivity index (χ2v) is 8.58.